The first kappa shape index (κ1) is 13.9. The molecule has 1 heterocycles. The van der Waals surface area contributed by atoms with Gasteiger partial charge in [-0.2, -0.15) is 0 Å². The number of halogens is 1. The van der Waals surface area contributed by atoms with E-state index in [2.05, 4.69) is 43.2 Å². The molecule has 0 bridgehead atoms. The Morgan fingerprint density at radius 2 is 2.28 bits per heavy atom. The van der Waals surface area contributed by atoms with Gasteiger partial charge in [0.2, 0.25) is 0 Å². The molecule has 0 radical (unpaired) electrons. The topological polar surface area (TPSA) is 15.3 Å². The minimum absolute atomic E-state index is 0.413. The molecule has 1 fully saturated rings. The van der Waals surface area contributed by atoms with Crippen molar-refractivity contribution in [2.45, 2.75) is 32.4 Å². The number of hydrogen-bond donors (Lipinski definition) is 1. The van der Waals surface area contributed by atoms with Crippen LogP contribution < -0.4 is 5.32 Å². The first-order valence-electron chi connectivity index (χ1n) is 6.77. The molecule has 1 aliphatic heterocycles. The van der Waals surface area contributed by atoms with Gasteiger partial charge in [0, 0.05) is 23.7 Å². The van der Waals surface area contributed by atoms with E-state index in [0.717, 1.165) is 24.0 Å². The van der Waals surface area contributed by atoms with E-state index in [1.165, 1.54) is 12.0 Å². The second-order valence-electron chi connectivity index (χ2n) is 5.46. The van der Waals surface area contributed by atoms with E-state index < -0.39 is 0 Å². The van der Waals surface area contributed by atoms with Gasteiger partial charge in [-0.05, 0) is 57.5 Å². The van der Waals surface area contributed by atoms with Gasteiger partial charge in [-0.15, -0.1) is 0 Å². The summed E-state index contributed by atoms with van der Waals surface area (Å²) < 4.78 is 0. The van der Waals surface area contributed by atoms with Crippen LogP contribution in [0, 0.1) is 5.92 Å². The van der Waals surface area contributed by atoms with E-state index in [-0.39, 0.29) is 0 Å². The zero-order valence-corrected chi connectivity index (χ0v) is 12.2. The van der Waals surface area contributed by atoms with E-state index in [1.54, 1.807) is 0 Å². The lowest BCUT2D eigenvalue weighted by atomic mass is 9.99. The highest BCUT2D eigenvalue weighted by Crippen LogP contribution is 2.24. The lowest BCUT2D eigenvalue weighted by molar-refractivity contribution is 0.213. The average molecular weight is 267 g/mol. The molecule has 2 rings (SSSR count). The quantitative estimate of drug-likeness (QED) is 0.899. The van der Waals surface area contributed by atoms with Crippen LogP contribution >= 0.6 is 11.6 Å². The summed E-state index contributed by atoms with van der Waals surface area (Å²) in [7, 11) is 2.20. The molecule has 1 saturated heterocycles. The molecular formula is C15H23ClN2. The average Bonchev–Trinajstić information content (AvgIpc) is 2.74. The molecule has 1 N–H and O–H groups in total. The minimum atomic E-state index is 0.413. The van der Waals surface area contributed by atoms with Crippen LogP contribution in [0.25, 0.3) is 0 Å². The molecule has 0 amide bonds. The molecule has 18 heavy (non-hydrogen) atoms. The number of benzene rings is 1. The Kier molecular flexibility index (Phi) is 4.66. The summed E-state index contributed by atoms with van der Waals surface area (Å²) in [5.74, 6) is 0.761. The number of rotatable bonds is 4. The van der Waals surface area contributed by atoms with Crippen molar-refractivity contribution in [3.8, 4) is 0 Å². The SMILES string of the molecule is CC1NCCC1CN(C)C(C)c1cccc(Cl)c1. The van der Waals surface area contributed by atoms with Crippen LogP contribution in [-0.4, -0.2) is 31.1 Å². The standard InChI is InChI=1S/C15H23ClN2/c1-11-14(7-8-17-11)10-18(3)12(2)13-5-4-6-15(16)9-13/h4-6,9,11-12,14,17H,7-8,10H2,1-3H3. The fourth-order valence-corrected chi connectivity index (χ4v) is 2.91. The molecular weight excluding hydrogens is 244 g/mol. The van der Waals surface area contributed by atoms with Crippen LogP contribution in [0.1, 0.15) is 31.9 Å². The molecule has 1 aliphatic rings. The van der Waals surface area contributed by atoms with E-state index in [1.807, 2.05) is 12.1 Å². The summed E-state index contributed by atoms with van der Waals surface area (Å²) in [4.78, 5) is 2.43. The second-order valence-corrected chi connectivity index (χ2v) is 5.90. The van der Waals surface area contributed by atoms with Crippen LogP contribution in [0.5, 0.6) is 0 Å². The summed E-state index contributed by atoms with van der Waals surface area (Å²) in [6.07, 6.45) is 1.29. The third-order valence-corrected chi connectivity index (χ3v) is 4.44. The van der Waals surface area contributed by atoms with Crippen molar-refractivity contribution in [1.82, 2.24) is 10.2 Å². The van der Waals surface area contributed by atoms with Crippen molar-refractivity contribution in [3.63, 3.8) is 0 Å². The van der Waals surface area contributed by atoms with E-state index in [9.17, 15) is 0 Å². The Hall–Kier alpha value is -0.570. The van der Waals surface area contributed by atoms with Gasteiger partial charge in [0.1, 0.15) is 0 Å². The smallest absolute Gasteiger partial charge is 0.0409 e. The largest absolute Gasteiger partial charge is 0.314 e. The highest BCUT2D eigenvalue weighted by atomic mass is 35.5. The monoisotopic (exact) mass is 266 g/mol. The zero-order valence-electron chi connectivity index (χ0n) is 11.5. The maximum absolute atomic E-state index is 6.06. The van der Waals surface area contributed by atoms with Gasteiger partial charge in [-0.3, -0.25) is 4.90 Å². The minimum Gasteiger partial charge on any atom is -0.314 e. The van der Waals surface area contributed by atoms with Crippen LogP contribution in [0.4, 0.5) is 0 Å². The third-order valence-electron chi connectivity index (χ3n) is 4.20. The lowest BCUT2D eigenvalue weighted by Gasteiger charge is -2.29. The summed E-state index contributed by atoms with van der Waals surface area (Å²) in [6.45, 7) is 6.83. The van der Waals surface area contributed by atoms with E-state index >= 15 is 0 Å². The van der Waals surface area contributed by atoms with Crippen LogP contribution in [-0.2, 0) is 0 Å². The first-order valence-corrected chi connectivity index (χ1v) is 7.15. The fourth-order valence-electron chi connectivity index (χ4n) is 2.71. The molecule has 1 aromatic carbocycles. The van der Waals surface area contributed by atoms with E-state index in [4.69, 9.17) is 11.6 Å². The summed E-state index contributed by atoms with van der Waals surface area (Å²) in [5.41, 5.74) is 1.30. The van der Waals surface area contributed by atoms with Crippen LogP contribution in [0.15, 0.2) is 24.3 Å². The van der Waals surface area contributed by atoms with Crippen molar-refractivity contribution >= 4 is 11.6 Å². The third kappa shape index (κ3) is 3.25. The molecule has 3 unspecified atom stereocenters. The molecule has 1 aromatic rings. The van der Waals surface area contributed by atoms with Crippen molar-refractivity contribution in [2.24, 2.45) is 5.92 Å². The summed E-state index contributed by atoms with van der Waals surface area (Å²) in [6, 6.07) is 9.24. The molecule has 0 spiro atoms. The van der Waals surface area contributed by atoms with Gasteiger partial charge >= 0.3 is 0 Å². The van der Waals surface area contributed by atoms with Gasteiger partial charge in [0.25, 0.3) is 0 Å². The Labute approximate surface area is 115 Å². The van der Waals surface area contributed by atoms with Crippen molar-refractivity contribution < 1.29 is 0 Å². The van der Waals surface area contributed by atoms with Crippen LogP contribution in [0.2, 0.25) is 5.02 Å². The Bertz CT molecular complexity index is 394. The summed E-state index contributed by atoms with van der Waals surface area (Å²) >= 11 is 6.06. The number of hydrogen-bond acceptors (Lipinski definition) is 2. The summed E-state index contributed by atoms with van der Waals surface area (Å²) in [5, 5.41) is 4.34. The van der Waals surface area contributed by atoms with Crippen molar-refractivity contribution in [2.75, 3.05) is 20.1 Å². The zero-order chi connectivity index (χ0) is 13.1. The number of nitrogens with one attached hydrogen (secondary N) is 1. The van der Waals surface area contributed by atoms with Crippen LogP contribution in [0.3, 0.4) is 0 Å². The predicted octanol–water partition coefficient (Wildman–Crippen LogP) is 3.33. The van der Waals surface area contributed by atoms with Gasteiger partial charge < -0.3 is 5.32 Å². The molecule has 0 aliphatic carbocycles. The van der Waals surface area contributed by atoms with Crippen molar-refractivity contribution in [1.29, 1.82) is 0 Å². The normalized spacial score (nSPS) is 25.6. The van der Waals surface area contributed by atoms with Crippen molar-refractivity contribution in [3.05, 3.63) is 34.9 Å². The molecule has 2 nitrogen and oxygen atoms in total. The molecule has 3 heteroatoms. The Morgan fingerprint density at radius 1 is 1.50 bits per heavy atom. The first-order chi connectivity index (χ1) is 8.58. The Balaban J connectivity index is 1.98. The van der Waals surface area contributed by atoms with Gasteiger partial charge in [0.15, 0.2) is 0 Å². The Morgan fingerprint density at radius 3 is 2.89 bits per heavy atom. The van der Waals surface area contributed by atoms with E-state index in [0.29, 0.717) is 12.1 Å². The molecule has 3 atom stereocenters. The highest BCUT2D eigenvalue weighted by molar-refractivity contribution is 6.30. The fraction of sp³-hybridized carbons (Fsp3) is 0.600. The highest BCUT2D eigenvalue weighted by Gasteiger charge is 2.25. The maximum Gasteiger partial charge on any atom is 0.0409 e. The molecule has 100 valence electrons. The lowest BCUT2D eigenvalue weighted by Crippen LogP contribution is -2.33. The molecule has 0 aromatic heterocycles. The second kappa shape index (κ2) is 6.05. The van der Waals surface area contributed by atoms with Gasteiger partial charge in [-0.1, -0.05) is 23.7 Å². The van der Waals surface area contributed by atoms with Gasteiger partial charge in [0.05, 0.1) is 0 Å². The maximum atomic E-state index is 6.06. The predicted molar refractivity (Wildman–Crippen MR) is 78.1 cm³/mol. The van der Waals surface area contributed by atoms with Gasteiger partial charge in [-0.25, -0.2) is 0 Å². The number of nitrogens with zero attached hydrogens (tertiary/aromatic N) is 1. The molecule has 0 saturated carbocycles.